The summed E-state index contributed by atoms with van der Waals surface area (Å²) in [5.74, 6) is -0.422. The van der Waals surface area contributed by atoms with Gasteiger partial charge in [-0.2, -0.15) is 0 Å². The van der Waals surface area contributed by atoms with Crippen LogP contribution in [0.15, 0.2) is 60.7 Å². The highest BCUT2D eigenvalue weighted by Crippen LogP contribution is 2.30. The van der Waals surface area contributed by atoms with Crippen LogP contribution in [0.2, 0.25) is 5.02 Å². The standard InChI is InChI=1S/C18H13Cl2F/c19-16(14-8-9-18(21)17(20)11-14)10-13-6-3-5-12-4-1-2-7-15(12)13/h1-9,11,16H,10H2. The number of fused-ring (bicyclic) bond motifs is 1. The van der Waals surface area contributed by atoms with Crippen LogP contribution in [-0.4, -0.2) is 0 Å². The maximum atomic E-state index is 13.2. The van der Waals surface area contributed by atoms with E-state index in [1.807, 2.05) is 18.2 Å². The molecule has 0 radical (unpaired) electrons. The predicted molar refractivity (Wildman–Crippen MR) is 87.7 cm³/mol. The molecule has 0 aromatic heterocycles. The molecule has 0 spiro atoms. The summed E-state index contributed by atoms with van der Waals surface area (Å²) in [6.07, 6.45) is 0.671. The molecule has 1 unspecified atom stereocenters. The quantitative estimate of drug-likeness (QED) is 0.508. The normalized spacial score (nSPS) is 12.5. The molecule has 3 aromatic carbocycles. The first-order chi connectivity index (χ1) is 10.1. The van der Waals surface area contributed by atoms with Gasteiger partial charge in [0.15, 0.2) is 0 Å². The molecule has 0 amide bonds. The summed E-state index contributed by atoms with van der Waals surface area (Å²) in [6.45, 7) is 0. The summed E-state index contributed by atoms with van der Waals surface area (Å²) in [6, 6.07) is 19.0. The predicted octanol–water partition coefficient (Wildman–Crippen LogP) is 6.15. The first kappa shape index (κ1) is 14.4. The minimum absolute atomic E-state index is 0.107. The first-order valence-corrected chi connectivity index (χ1v) is 7.52. The maximum absolute atomic E-state index is 13.2. The minimum atomic E-state index is -0.422. The van der Waals surface area contributed by atoms with Crippen molar-refractivity contribution < 1.29 is 4.39 Å². The second kappa shape index (κ2) is 6.05. The lowest BCUT2D eigenvalue weighted by Crippen LogP contribution is -1.97. The Balaban J connectivity index is 1.92. The summed E-state index contributed by atoms with van der Waals surface area (Å²) in [5, 5.41) is 2.25. The highest BCUT2D eigenvalue weighted by Gasteiger charge is 2.12. The largest absolute Gasteiger partial charge is 0.205 e. The number of benzene rings is 3. The Bertz CT molecular complexity index is 778. The monoisotopic (exact) mass is 318 g/mol. The van der Waals surface area contributed by atoms with Gasteiger partial charge in [-0.05, 0) is 40.5 Å². The second-order valence-electron chi connectivity index (χ2n) is 4.98. The van der Waals surface area contributed by atoms with Crippen molar-refractivity contribution in [1.29, 1.82) is 0 Å². The zero-order valence-corrected chi connectivity index (χ0v) is 12.7. The number of halogens is 3. The van der Waals surface area contributed by atoms with Crippen molar-refractivity contribution in [3.63, 3.8) is 0 Å². The molecule has 106 valence electrons. The van der Waals surface area contributed by atoms with E-state index in [1.54, 1.807) is 12.1 Å². The molecule has 0 aliphatic rings. The van der Waals surface area contributed by atoms with E-state index >= 15 is 0 Å². The number of rotatable bonds is 3. The van der Waals surface area contributed by atoms with Gasteiger partial charge >= 0.3 is 0 Å². The third-order valence-corrected chi connectivity index (χ3v) is 4.28. The molecule has 0 aliphatic heterocycles. The van der Waals surface area contributed by atoms with Crippen LogP contribution in [0.5, 0.6) is 0 Å². The van der Waals surface area contributed by atoms with Crippen LogP contribution in [0.1, 0.15) is 16.5 Å². The van der Waals surface area contributed by atoms with Gasteiger partial charge in [0, 0.05) is 0 Å². The van der Waals surface area contributed by atoms with Crippen molar-refractivity contribution in [2.45, 2.75) is 11.8 Å². The fraction of sp³-hybridized carbons (Fsp3) is 0.111. The lowest BCUT2D eigenvalue weighted by atomic mass is 9.98. The molecule has 0 fully saturated rings. The van der Waals surface area contributed by atoms with E-state index in [4.69, 9.17) is 23.2 Å². The Morgan fingerprint density at radius 1 is 0.952 bits per heavy atom. The van der Waals surface area contributed by atoms with E-state index in [-0.39, 0.29) is 10.4 Å². The third-order valence-electron chi connectivity index (χ3n) is 3.58. The lowest BCUT2D eigenvalue weighted by Gasteiger charge is -2.13. The molecule has 0 heterocycles. The summed E-state index contributed by atoms with van der Waals surface area (Å²) >= 11 is 12.3. The number of hydrogen-bond acceptors (Lipinski definition) is 0. The van der Waals surface area contributed by atoms with Crippen molar-refractivity contribution >= 4 is 34.0 Å². The molecule has 0 bridgehead atoms. The molecular weight excluding hydrogens is 306 g/mol. The molecule has 1 atom stereocenters. The van der Waals surface area contributed by atoms with E-state index in [1.165, 1.54) is 22.4 Å². The van der Waals surface area contributed by atoms with Gasteiger partial charge in [-0.15, -0.1) is 11.6 Å². The Labute approximate surface area is 133 Å². The zero-order chi connectivity index (χ0) is 14.8. The van der Waals surface area contributed by atoms with Gasteiger partial charge in [-0.1, -0.05) is 60.1 Å². The van der Waals surface area contributed by atoms with Gasteiger partial charge in [0.25, 0.3) is 0 Å². The van der Waals surface area contributed by atoms with E-state index in [0.29, 0.717) is 6.42 Å². The van der Waals surface area contributed by atoms with Crippen molar-refractivity contribution in [2.24, 2.45) is 0 Å². The summed E-state index contributed by atoms with van der Waals surface area (Å²) in [5.41, 5.74) is 2.00. The van der Waals surface area contributed by atoms with Crippen molar-refractivity contribution in [2.75, 3.05) is 0 Å². The molecule has 0 saturated heterocycles. The number of alkyl halides is 1. The van der Waals surface area contributed by atoms with Gasteiger partial charge in [-0.3, -0.25) is 0 Å². The molecule has 0 N–H and O–H groups in total. The van der Waals surface area contributed by atoms with Gasteiger partial charge in [0.05, 0.1) is 10.4 Å². The fourth-order valence-electron chi connectivity index (χ4n) is 2.49. The fourth-order valence-corrected chi connectivity index (χ4v) is 2.98. The maximum Gasteiger partial charge on any atom is 0.141 e. The van der Waals surface area contributed by atoms with Crippen molar-refractivity contribution in [1.82, 2.24) is 0 Å². The van der Waals surface area contributed by atoms with Crippen molar-refractivity contribution in [3.8, 4) is 0 Å². The van der Waals surface area contributed by atoms with E-state index in [9.17, 15) is 4.39 Å². The van der Waals surface area contributed by atoms with Crippen LogP contribution < -0.4 is 0 Å². The zero-order valence-electron chi connectivity index (χ0n) is 11.2. The minimum Gasteiger partial charge on any atom is -0.205 e. The topological polar surface area (TPSA) is 0 Å². The Morgan fingerprint density at radius 2 is 1.71 bits per heavy atom. The first-order valence-electron chi connectivity index (χ1n) is 6.71. The Kier molecular flexibility index (Phi) is 4.14. The highest BCUT2D eigenvalue weighted by molar-refractivity contribution is 6.31. The molecule has 3 rings (SSSR count). The van der Waals surface area contributed by atoms with E-state index < -0.39 is 5.82 Å². The molecule has 3 heteroatoms. The third kappa shape index (κ3) is 3.04. The van der Waals surface area contributed by atoms with Gasteiger partial charge in [0.1, 0.15) is 5.82 Å². The van der Waals surface area contributed by atoms with Gasteiger partial charge in [0.2, 0.25) is 0 Å². The Morgan fingerprint density at radius 3 is 2.52 bits per heavy atom. The van der Waals surface area contributed by atoms with Crippen molar-refractivity contribution in [3.05, 3.63) is 82.6 Å². The lowest BCUT2D eigenvalue weighted by molar-refractivity contribution is 0.627. The highest BCUT2D eigenvalue weighted by atomic mass is 35.5. The molecule has 3 aromatic rings. The molecule has 21 heavy (non-hydrogen) atoms. The van der Waals surface area contributed by atoms with Gasteiger partial charge in [-0.25, -0.2) is 4.39 Å². The van der Waals surface area contributed by atoms with Crippen LogP contribution in [0.3, 0.4) is 0 Å². The van der Waals surface area contributed by atoms with Crippen LogP contribution in [0.4, 0.5) is 4.39 Å². The molecule has 0 saturated carbocycles. The summed E-state index contributed by atoms with van der Waals surface area (Å²) in [7, 11) is 0. The number of hydrogen-bond donors (Lipinski definition) is 0. The van der Waals surface area contributed by atoms with Gasteiger partial charge < -0.3 is 0 Å². The second-order valence-corrected chi connectivity index (χ2v) is 5.92. The van der Waals surface area contributed by atoms with E-state index in [0.717, 1.165) is 5.56 Å². The van der Waals surface area contributed by atoms with Crippen LogP contribution >= 0.6 is 23.2 Å². The van der Waals surface area contributed by atoms with Crippen LogP contribution in [-0.2, 0) is 6.42 Å². The SMILES string of the molecule is Fc1ccc(C(Cl)Cc2cccc3ccccc23)cc1Cl. The smallest absolute Gasteiger partial charge is 0.141 e. The average molecular weight is 319 g/mol. The van der Waals surface area contributed by atoms with Crippen LogP contribution in [0.25, 0.3) is 10.8 Å². The average Bonchev–Trinajstić information content (AvgIpc) is 2.50. The van der Waals surface area contributed by atoms with E-state index in [2.05, 4.69) is 24.3 Å². The summed E-state index contributed by atoms with van der Waals surface area (Å²) in [4.78, 5) is 0. The van der Waals surface area contributed by atoms with Crippen LogP contribution in [0, 0.1) is 5.82 Å². The molecule has 0 nitrogen and oxygen atoms in total. The molecular formula is C18H13Cl2F. The Hall–Kier alpha value is -1.57. The summed E-state index contributed by atoms with van der Waals surface area (Å²) < 4.78 is 13.2. The molecule has 0 aliphatic carbocycles.